The van der Waals surface area contributed by atoms with E-state index in [1.54, 1.807) is 0 Å². The molecule has 7 nitrogen and oxygen atoms in total. The summed E-state index contributed by atoms with van der Waals surface area (Å²) in [4.78, 5) is 0. The zero-order valence-electron chi connectivity index (χ0n) is 4.11. The van der Waals surface area contributed by atoms with Gasteiger partial charge in [0.05, 0.1) is 0 Å². The lowest BCUT2D eigenvalue weighted by Gasteiger charge is -1.87. The molecule has 1 aromatic rings. The van der Waals surface area contributed by atoms with Crippen molar-refractivity contribution in [2.24, 2.45) is 0 Å². The van der Waals surface area contributed by atoms with Crippen LogP contribution in [-0.2, 0) is 11.3 Å². The normalized spacial score (nSPS) is 13.0. The summed E-state index contributed by atoms with van der Waals surface area (Å²) in [7, 11) is 0. The zero-order valence-corrected chi connectivity index (χ0v) is 4.92. The Morgan fingerprint density at radius 2 is 2.56 bits per heavy atom. The molecule has 1 heterocycles. The van der Waals surface area contributed by atoms with Gasteiger partial charge in [-0.05, 0) is 5.21 Å². The van der Waals surface area contributed by atoms with Gasteiger partial charge in [-0.2, -0.15) is 5.21 Å². The van der Waals surface area contributed by atoms with E-state index in [9.17, 15) is 4.21 Å². The van der Waals surface area contributed by atoms with Gasteiger partial charge in [0, 0.05) is 0 Å². The van der Waals surface area contributed by atoms with Crippen molar-refractivity contribution in [3.63, 3.8) is 0 Å². The van der Waals surface area contributed by atoms with Crippen molar-refractivity contribution >= 4 is 17.2 Å². The minimum atomic E-state index is -2.13. The Labute approximate surface area is 52.3 Å². The third-order valence-corrected chi connectivity index (χ3v) is 0.881. The first-order valence-electron chi connectivity index (χ1n) is 1.90. The average molecular weight is 149 g/mol. The fourth-order valence-electron chi connectivity index (χ4n) is 0.283. The average Bonchev–Trinajstić information content (AvgIpc) is 2.15. The Balaban J connectivity index is 2.58. The second-order valence-corrected chi connectivity index (χ2v) is 1.79. The maximum Gasteiger partial charge on any atom is 0.276 e. The van der Waals surface area contributed by atoms with Crippen LogP contribution in [0.25, 0.3) is 0 Å². The maximum absolute atomic E-state index is 9.94. The highest BCUT2D eigenvalue weighted by Gasteiger charge is 1.96. The summed E-state index contributed by atoms with van der Waals surface area (Å²) in [5.41, 5.74) is 0. The molecule has 8 heteroatoms. The SMILES string of the molecule is O=S(O)Nc1nn[nH]n1. The van der Waals surface area contributed by atoms with E-state index in [1.807, 2.05) is 4.72 Å². The third-order valence-electron chi connectivity index (χ3n) is 0.524. The van der Waals surface area contributed by atoms with Crippen molar-refractivity contribution in [1.29, 1.82) is 0 Å². The summed E-state index contributed by atoms with van der Waals surface area (Å²) in [5, 5.41) is 11.9. The Hall–Kier alpha value is -1.02. The molecular formula is CH3N5O2S. The second kappa shape index (κ2) is 2.51. The highest BCUT2D eigenvalue weighted by Crippen LogP contribution is 1.88. The Morgan fingerprint density at radius 1 is 1.78 bits per heavy atom. The molecule has 9 heavy (non-hydrogen) atoms. The highest BCUT2D eigenvalue weighted by molar-refractivity contribution is 7.80. The number of hydrogen-bond donors (Lipinski definition) is 3. The van der Waals surface area contributed by atoms with E-state index < -0.39 is 11.3 Å². The van der Waals surface area contributed by atoms with Gasteiger partial charge in [-0.3, -0.25) is 4.55 Å². The van der Waals surface area contributed by atoms with Crippen molar-refractivity contribution < 1.29 is 8.76 Å². The molecule has 0 spiro atoms. The Bertz CT molecular complexity index is 195. The zero-order chi connectivity index (χ0) is 6.69. The second-order valence-electron chi connectivity index (χ2n) is 1.09. The van der Waals surface area contributed by atoms with Crippen molar-refractivity contribution in [3.8, 4) is 0 Å². The molecule has 0 radical (unpaired) electrons. The summed E-state index contributed by atoms with van der Waals surface area (Å²) >= 11 is -2.13. The lowest BCUT2D eigenvalue weighted by Crippen LogP contribution is -2.03. The van der Waals surface area contributed by atoms with E-state index in [2.05, 4.69) is 20.6 Å². The van der Waals surface area contributed by atoms with Crippen LogP contribution in [-0.4, -0.2) is 29.4 Å². The largest absolute Gasteiger partial charge is 0.289 e. The first-order chi connectivity index (χ1) is 4.29. The molecule has 3 N–H and O–H groups in total. The van der Waals surface area contributed by atoms with Gasteiger partial charge in [0.15, 0.2) is 0 Å². The van der Waals surface area contributed by atoms with Crippen LogP contribution in [0.4, 0.5) is 5.95 Å². The molecular weight excluding hydrogens is 146 g/mol. The summed E-state index contributed by atoms with van der Waals surface area (Å²) in [6.07, 6.45) is 0. The fourth-order valence-corrected chi connectivity index (χ4v) is 0.526. The van der Waals surface area contributed by atoms with E-state index in [0.29, 0.717) is 0 Å². The van der Waals surface area contributed by atoms with Gasteiger partial charge >= 0.3 is 0 Å². The van der Waals surface area contributed by atoms with Crippen molar-refractivity contribution in [1.82, 2.24) is 20.6 Å². The van der Waals surface area contributed by atoms with E-state index in [1.165, 1.54) is 0 Å². The predicted molar refractivity (Wildman–Crippen MR) is 28.6 cm³/mol. The van der Waals surface area contributed by atoms with Crippen LogP contribution in [0.3, 0.4) is 0 Å². The molecule has 0 saturated heterocycles. The molecule has 0 aliphatic rings. The minimum Gasteiger partial charge on any atom is -0.289 e. The number of nitrogens with zero attached hydrogens (tertiary/aromatic N) is 3. The number of anilines is 1. The molecule has 0 aliphatic heterocycles. The predicted octanol–water partition coefficient (Wildman–Crippen LogP) is -1.25. The number of nitrogens with one attached hydrogen (secondary N) is 2. The molecule has 50 valence electrons. The van der Waals surface area contributed by atoms with Crippen molar-refractivity contribution in [2.75, 3.05) is 4.72 Å². The molecule has 0 aromatic carbocycles. The maximum atomic E-state index is 9.94. The standard InChI is InChI=1S/CH3N5O2S/c7-9(8)4-1-2-5-6-3-1/h(H,7,8)(H2,2,3,4,5,6). The van der Waals surface area contributed by atoms with Crippen LogP contribution >= 0.6 is 0 Å². The lowest BCUT2D eigenvalue weighted by molar-refractivity contribution is 0.569. The third kappa shape index (κ3) is 1.74. The minimum absolute atomic E-state index is 0.00386. The molecule has 1 atom stereocenters. The van der Waals surface area contributed by atoms with Crippen LogP contribution in [0, 0.1) is 0 Å². The molecule has 0 saturated carbocycles. The van der Waals surface area contributed by atoms with Crippen molar-refractivity contribution in [3.05, 3.63) is 0 Å². The topological polar surface area (TPSA) is 104 Å². The van der Waals surface area contributed by atoms with Crippen LogP contribution < -0.4 is 4.72 Å². The van der Waals surface area contributed by atoms with E-state index in [0.717, 1.165) is 0 Å². The van der Waals surface area contributed by atoms with Crippen LogP contribution in [0.2, 0.25) is 0 Å². The van der Waals surface area contributed by atoms with Crippen LogP contribution in [0.1, 0.15) is 0 Å². The summed E-state index contributed by atoms with van der Waals surface area (Å²) < 4.78 is 20.1. The first kappa shape index (κ1) is 6.11. The fraction of sp³-hybridized carbons (Fsp3) is 0. The van der Waals surface area contributed by atoms with Gasteiger partial charge in [-0.25, -0.2) is 8.93 Å². The molecule has 1 unspecified atom stereocenters. The smallest absolute Gasteiger partial charge is 0.276 e. The van der Waals surface area contributed by atoms with Crippen LogP contribution in [0.5, 0.6) is 0 Å². The van der Waals surface area contributed by atoms with Gasteiger partial charge in [0.2, 0.25) is 0 Å². The highest BCUT2D eigenvalue weighted by atomic mass is 32.2. The van der Waals surface area contributed by atoms with E-state index in [4.69, 9.17) is 4.55 Å². The number of H-pyrrole nitrogens is 1. The number of hydrogen-bond acceptors (Lipinski definition) is 4. The van der Waals surface area contributed by atoms with Gasteiger partial charge in [0.1, 0.15) is 0 Å². The lowest BCUT2D eigenvalue weighted by atomic mass is 11.2. The molecule has 1 aromatic heterocycles. The van der Waals surface area contributed by atoms with Crippen molar-refractivity contribution in [2.45, 2.75) is 0 Å². The number of tetrazole rings is 1. The van der Waals surface area contributed by atoms with Gasteiger partial charge in [0.25, 0.3) is 17.2 Å². The Morgan fingerprint density at radius 3 is 3.00 bits per heavy atom. The quantitative estimate of drug-likeness (QED) is 0.456. The van der Waals surface area contributed by atoms with Gasteiger partial charge < -0.3 is 0 Å². The summed E-state index contributed by atoms with van der Waals surface area (Å²) in [5.74, 6) is -0.00386. The van der Waals surface area contributed by atoms with Gasteiger partial charge in [-0.1, -0.05) is 5.10 Å². The number of rotatable bonds is 2. The molecule has 0 amide bonds. The summed E-state index contributed by atoms with van der Waals surface area (Å²) in [6, 6.07) is 0. The van der Waals surface area contributed by atoms with Crippen LogP contribution in [0.15, 0.2) is 0 Å². The Kier molecular flexibility index (Phi) is 1.70. The molecule has 0 aliphatic carbocycles. The molecule has 0 bridgehead atoms. The molecule has 1 rings (SSSR count). The molecule has 0 fully saturated rings. The number of aromatic amines is 1. The first-order valence-corrected chi connectivity index (χ1v) is 3.00. The van der Waals surface area contributed by atoms with E-state index >= 15 is 0 Å². The number of aromatic nitrogens is 4. The van der Waals surface area contributed by atoms with E-state index in [-0.39, 0.29) is 5.95 Å². The summed E-state index contributed by atoms with van der Waals surface area (Å²) in [6.45, 7) is 0. The monoisotopic (exact) mass is 149 g/mol. The van der Waals surface area contributed by atoms with Gasteiger partial charge in [-0.15, -0.1) is 5.10 Å².